The molecule has 2 aromatic rings. The Balaban J connectivity index is 1.87. The standard InChI is InChI=1S/C20H22ClN3O3/c1-23(2)13-17(14-4-3-5-16(21)10-14)19(25)15-11-18(22-12-15)20(26)24-6-8-27-9-7-24/h3-5,10-13,22H,6-9H2,1-2H3. The van der Waals surface area contributed by atoms with Gasteiger partial charge in [-0.15, -0.1) is 0 Å². The number of nitrogens with one attached hydrogen (secondary N) is 1. The summed E-state index contributed by atoms with van der Waals surface area (Å²) in [6.45, 7) is 2.16. The van der Waals surface area contributed by atoms with Crippen LogP contribution in [0.25, 0.3) is 5.57 Å². The third-order valence-electron chi connectivity index (χ3n) is 4.24. The number of halogens is 1. The van der Waals surface area contributed by atoms with E-state index in [-0.39, 0.29) is 11.7 Å². The summed E-state index contributed by atoms with van der Waals surface area (Å²) in [6.07, 6.45) is 3.33. The molecule has 1 N–H and O–H groups in total. The van der Waals surface area contributed by atoms with Crippen LogP contribution in [0.1, 0.15) is 26.4 Å². The zero-order chi connectivity index (χ0) is 19.4. The van der Waals surface area contributed by atoms with E-state index in [1.54, 1.807) is 46.5 Å². The van der Waals surface area contributed by atoms with Gasteiger partial charge in [0.2, 0.25) is 0 Å². The number of amides is 1. The Morgan fingerprint density at radius 3 is 2.59 bits per heavy atom. The fraction of sp³-hybridized carbons (Fsp3) is 0.300. The SMILES string of the molecule is CN(C)C=C(C(=O)c1c[nH]c(C(=O)N2CCOCC2)c1)c1cccc(Cl)c1. The Kier molecular flexibility index (Phi) is 5.98. The van der Waals surface area contributed by atoms with Gasteiger partial charge in [0.1, 0.15) is 5.69 Å². The summed E-state index contributed by atoms with van der Waals surface area (Å²) in [5, 5.41) is 0.558. The van der Waals surface area contributed by atoms with E-state index in [1.165, 1.54) is 0 Å². The van der Waals surface area contributed by atoms with Gasteiger partial charge in [-0.05, 0) is 23.8 Å². The summed E-state index contributed by atoms with van der Waals surface area (Å²) in [6, 6.07) is 8.76. The first-order chi connectivity index (χ1) is 13.0. The zero-order valence-corrected chi connectivity index (χ0v) is 16.1. The lowest BCUT2D eigenvalue weighted by atomic mass is 9.99. The van der Waals surface area contributed by atoms with Crippen molar-refractivity contribution in [2.24, 2.45) is 0 Å². The number of hydrogen-bond donors (Lipinski definition) is 1. The maximum atomic E-state index is 13.1. The molecule has 1 fully saturated rings. The molecule has 1 saturated heterocycles. The number of hydrogen-bond acceptors (Lipinski definition) is 4. The number of ether oxygens (including phenoxy) is 1. The van der Waals surface area contributed by atoms with Gasteiger partial charge in [-0.25, -0.2) is 0 Å². The molecule has 1 aliphatic rings. The second kappa shape index (κ2) is 8.41. The highest BCUT2D eigenvalue weighted by atomic mass is 35.5. The second-order valence-electron chi connectivity index (χ2n) is 6.55. The van der Waals surface area contributed by atoms with Gasteiger partial charge in [0.15, 0.2) is 5.78 Å². The van der Waals surface area contributed by atoms with Crippen molar-refractivity contribution in [3.8, 4) is 0 Å². The Bertz CT molecular complexity index is 867. The molecule has 6 nitrogen and oxygen atoms in total. The van der Waals surface area contributed by atoms with Crippen molar-refractivity contribution in [3.05, 3.63) is 64.6 Å². The van der Waals surface area contributed by atoms with Crippen molar-refractivity contribution >= 4 is 28.9 Å². The molecule has 2 heterocycles. The summed E-state index contributed by atoms with van der Waals surface area (Å²) in [7, 11) is 3.70. The Hall–Kier alpha value is -2.57. The third-order valence-corrected chi connectivity index (χ3v) is 4.48. The van der Waals surface area contributed by atoms with Crippen molar-refractivity contribution in [1.82, 2.24) is 14.8 Å². The summed E-state index contributed by atoms with van der Waals surface area (Å²) in [4.78, 5) is 32.1. The van der Waals surface area contributed by atoms with E-state index in [0.29, 0.717) is 48.2 Å². The fourth-order valence-corrected chi connectivity index (χ4v) is 3.11. The molecule has 0 spiro atoms. The first kappa shape index (κ1) is 19.2. The highest BCUT2D eigenvalue weighted by molar-refractivity contribution is 6.32. The molecule has 0 atom stereocenters. The largest absolute Gasteiger partial charge is 0.383 e. The number of nitrogens with zero attached hydrogens (tertiary/aromatic N) is 2. The number of H-pyrrole nitrogens is 1. The molecule has 0 bridgehead atoms. The van der Waals surface area contributed by atoms with Crippen LogP contribution >= 0.6 is 11.6 Å². The number of carbonyl (C=O) groups is 2. The molecule has 7 heteroatoms. The van der Waals surface area contributed by atoms with Crippen LogP contribution in [0.3, 0.4) is 0 Å². The molecule has 1 amide bonds. The minimum Gasteiger partial charge on any atom is -0.383 e. The molecule has 27 heavy (non-hydrogen) atoms. The van der Waals surface area contributed by atoms with E-state index < -0.39 is 0 Å². The van der Waals surface area contributed by atoms with Crippen LogP contribution in [0.15, 0.2) is 42.7 Å². The number of rotatable bonds is 5. The molecule has 0 aliphatic carbocycles. The van der Waals surface area contributed by atoms with Gasteiger partial charge in [-0.3, -0.25) is 9.59 Å². The topological polar surface area (TPSA) is 65.6 Å². The van der Waals surface area contributed by atoms with Crippen LogP contribution in [0.5, 0.6) is 0 Å². The molecular formula is C20H22ClN3O3. The molecule has 0 unspecified atom stereocenters. The summed E-state index contributed by atoms with van der Waals surface area (Å²) >= 11 is 6.09. The summed E-state index contributed by atoms with van der Waals surface area (Å²) < 4.78 is 5.28. The molecule has 0 saturated carbocycles. The molecule has 142 valence electrons. The lowest BCUT2D eigenvalue weighted by Gasteiger charge is -2.26. The number of ketones is 1. The van der Waals surface area contributed by atoms with Crippen LogP contribution in [-0.4, -0.2) is 66.9 Å². The predicted molar refractivity (Wildman–Crippen MR) is 105 cm³/mol. The predicted octanol–water partition coefficient (Wildman–Crippen LogP) is 2.93. The molecule has 1 aromatic heterocycles. The number of benzene rings is 1. The van der Waals surface area contributed by atoms with Crippen molar-refractivity contribution in [1.29, 1.82) is 0 Å². The van der Waals surface area contributed by atoms with Gasteiger partial charge in [0.25, 0.3) is 5.91 Å². The number of morpholine rings is 1. The Labute approximate surface area is 163 Å². The van der Waals surface area contributed by atoms with Gasteiger partial charge < -0.3 is 19.5 Å². The minimum absolute atomic E-state index is 0.127. The maximum Gasteiger partial charge on any atom is 0.270 e. The number of Topliss-reactive ketones (excluding diaryl/α,β-unsaturated/α-hetero) is 1. The average Bonchev–Trinajstić information content (AvgIpc) is 3.15. The van der Waals surface area contributed by atoms with Crippen molar-refractivity contribution in [2.75, 3.05) is 40.4 Å². The normalized spacial score (nSPS) is 14.9. The van der Waals surface area contributed by atoms with Crippen molar-refractivity contribution in [3.63, 3.8) is 0 Å². The van der Waals surface area contributed by atoms with Crippen LogP contribution in [0.2, 0.25) is 5.02 Å². The van der Waals surface area contributed by atoms with E-state index in [9.17, 15) is 9.59 Å². The number of carbonyl (C=O) groups excluding carboxylic acids is 2. The van der Waals surface area contributed by atoms with Crippen LogP contribution in [-0.2, 0) is 4.74 Å². The fourth-order valence-electron chi connectivity index (χ4n) is 2.92. The van der Waals surface area contributed by atoms with Gasteiger partial charge in [0.05, 0.1) is 13.2 Å². The second-order valence-corrected chi connectivity index (χ2v) is 6.99. The molecule has 0 radical (unpaired) electrons. The lowest BCUT2D eigenvalue weighted by molar-refractivity contribution is 0.0299. The van der Waals surface area contributed by atoms with Crippen LogP contribution < -0.4 is 0 Å². The first-order valence-corrected chi connectivity index (χ1v) is 9.08. The van der Waals surface area contributed by atoms with Gasteiger partial charge in [-0.1, -0.05) is 23.7 Å². The molecule has 1 aromatic carbocycles. The van der Waals surface area contributed by atoms with E-state index in [1.807, 2.05) is 20.2 Å². The smallest absolute Gasteiger partial charge is 0.270 e. The molecule has 3 rings (SSSR count). The van der Waals surface area contributed by atoms with E-state index in [2.05, 4.69) is 4.98 Å². The highest BCUT2D eigenvalue weighted by Gasteiger charge is 2.22. The monoisotopic (exact) mass is 387 g/mol. The van der Waals surface area contributed by atoms with Crippen molar-refractivity contribution < 1.29 is 14.3 Å². The average molecular weight is 388 g/mol. The van der Waals surface area contributed by atoms with Gasteiger partial charge in [0, 0.05) is 55.7 Å². The number of aromatic nitrogens is 1. The van der Waals surface area contributed by atoms with Crippen molar-refractivity contribution in [2.45, 2.75) is 0 Å². The van der Waals surface area contributed by atoms with E-state index >= 15 is 0 Å². The quantitative estimate of drug-likeness (QED) is 0.632. The van der Waals surface area contributed by atoms with Crippen LogP contribution in [0.4, 0.5) is 0 Å². The Morgan fingerprint density at radius 2 is 1.93 bits per heavy atom. The summed E-state index contributed by atoms with van der Waals surface area (Å²) in [5.74, 6) is -0.304. The Morgan fingerprint density at radius 1 is 1.19 bits per heavy atom. The van der Waals surface area contributed by atoms with Gasteiger partial charge >= 0.3 is 0 Å². The maximum absolute atomic E-state index is 13.1. The first-order valence-electron chi connectivity index (χ1n) is 8.70. The minimum atomic E-state index is -0.178. The highest BCUT2D eigenvalue weighted by Crippen LogP contribution is 2.24. The summed E-state index contributed by atoms with van der Waals surface area (Å²) in [5.41, 5.74) is 2.06. The van der Waals surface area contributed by atoms with Gasteiger partial charge in [-0.2, -0.15) is 0 Å². The third kappa shape index (κ3) is 4.59. The number of allylic oxidation sites excluding steroid dienone is 1. The number of aromatic amines is 1. The van der Waals surface area contributed by atoms with Crippen LogP contribution in [0, 0.1) is 0 Å². The lowest BCUT2D eigenvalue weighted by Crippen LogP contribution is -2.40. The zero-order valence-electron chi connectivity index (χ0n) is 15.4. The van der Waals surface area contributed by atoms with E-state index in [4.69, 9.17) is 16.3 Å². The van der Waals surface area contributed by atoms with E-state index in [0.717, 1.165) is 5.56 Å². The molecule has 1 aliphatic heterocycles. The molecular weight excluding hydrogens is 366 g/mol.